The number of sulfonamides is 1. The van der Waals surface area contributed by atoms with E-state index in [2.05, 4.69) is 22.0 Å². The van der Waals surface area contributed by atoms with Crippen LogP contribution in [-0.2, 0) is 26.2 Å². The molecule has 1 N–H and O–H groups in total. The zero-order valence-corrected chi connectivity index (χ0v) is 21.2. The smallest absolute Gasteiger partial charge is 0.250 e. The monoisotopic (exact) mass is 488 g/mol. The van der Waals surface area contributed by atoms with E-state index in [1.165, 1.54) is 4.31 Å². The first-order valence-corrected chi connectivity index (χ1v) is 13.4. The molecule has 8 nitrogen and oxygen atoms in total. The number of carbonyl (C=O) groups is 1. The van der Waals surface area contributed by atoms with E-state index in [9.17, 15) is 13.2 Å². The van der Waals surface area contributed by atoms with Crippen molar-refractivity contribution >= 4 is 27.3 Å². The second-order valence-corrected chi connectivity index (χ2v) is 10.2. The minimum Gasteiger partial charge on any atom is -0.367 e. The third-order valence-corrected chi connectivity index (χ3v) is 8.14. The van der Waals surface area contributed by atoms with Crippen LogP contribution in [0.1, 0.15) is 26.3 Å². The molecular formula is C25H36N4O4S. The number of piperazine rings is 1. The predicted molar refractivity (Wildman–Crippen MR) is 136 cm³/mol. The zero-order valence-electron chi connectivity index (χ0n) is 20.4. The Morgan fingerprint density at radius 3 is 2.29 bits per heavy atom. The zero-order chi connectivity index (χ0) is 24.6. The molecular weight excluding hydrogens is 452 g/mol. The minimum absolute atomic E-state index is 0.120. The number of carbonyl (C=O) groups excluding carboxylic acids is 1. The van der Waals surface area contributed by atoms with Crippen LogP contribution in [0.25, 0.3) is 0 Å². The number of likely N-dealkylation sites (N-methyl/N-ethyl adjacent to an activating group) is 1. The minimum atomic E-state index is -3.65. The molecule has 186 valence electrons. The molecule has 34 heavy (non-hydrogen) atoms. The summed E-state index contributed by atoms with van der Waals surface area (Å²) in [5, 5.41) is 2.90. The summed E-state index contributed by atoms with van der Waals surface area (Å²) < 4.78 is 33.2. The Balaban J connectivity index is 1.79. The van der Waals surface area contributed by atoms with Crippen molar-refractivity contribution in [1.29, 1.82) is 0 Å². The molecule has 0 spiro atoms. The van der Waals surface area contributed by atoms with Crippen molar-refractivity contribution in [2.45, 2.75) is 32.3 Å². The fraction of sp³-hybridized carbons (Fsp3) is 0.480. The van der Waals surface area contributed by atoms with Crippen LogP contribution in [0.15, 0.2) is 53.4 Å². The first-order chi connectivity index (χ1) is 16.4. The summed E-state index contributed by atoms with van der Waals surface area (Å²) in [4.78, 5) is 17.5. The van der Waals surface area contributed by atoms with Crippen molar-refractivity contribution in [3.05, 3.63) is 54.1 Å². The largest absolute Gasteiger partial charge is 0.367 e. The Labute approximate surface area is 203 Å². The van der Waals surface area contributed by atoms with Gasteiger partial charge in [-0.3, -0.25) is 4.79 Å². The van der Waals surface area contributed by atoms with Gasteiger partial charge in [-0.05, 0) is 30.3 Å². The van der Waals surface area contributed by atoms with Gasteiger partial charge < -0.3 is 19.9 Å². The summed E-state index contributed by atoms with van der Waals surface area (Å²) in [5.74, 6) is -0.318. The highest BCUT2D eigenvalue weighted by Crippen LogP contribution is 2.31. The maximum atomic E-state index is 13.1. The normalized spacial score (nSPS) is 15.0. The number of anilines is 2. The Bertz CT molecular complexity index is 1030. The Hall–Kier alpha value is -2.46. The van der Waals surface area contributed by atoms with Crippen LogP contribution in [0.2, 0.25) is 0 Å². The van der Waals surface area contributed by atoms with Crippen molar-refractivity contribution in [3.63, 3.8) is 0 Å². The van der Waals surface area contributed by atoms with Crippen LogP contribution in [0.3, 0.4) is 0 Å². The average molecular weight is 489 g/mol. The Kier molecular flexibility index (Phi) is 9.46. The highest BCUT2D eigenvalue weighted by molar-refractivity contribution is 7.89. The molecule has 0 aliphatic carbocycles. The van der Waals surface area contributed by atoms with Gasteiger partial charge in [0.2, 0.25) is 15.9 Å². The van der Waals surface area contributed by atoms with Gasteiger partial charge in [0, 0.05) is 39.3 Å². The molecule has 0 atom stereocenters. The highest BCUT2D eigenvalue weighted by atomic mass is 32.2. The van der Waals surface area contributed by atoms with E-state index in [1.54, 1.807) is 18.2 Å². The topological polar surface area (TPSA) is 82.2 Å². The molecule has 0 unspecified atom stereocenters. The SMILES string of the molecule is CCN1CCN(c2ccc(S(=O)(=O)N(CC)CC)cc2NC(=O)COCc2ccccc2)CC1. The second-order valence-electron chi connectivity index (χ2n) is 8.22. The quantitative estimate of drug-likeness (QED) is 0.524. The summed E-state index contributed by atoms with van der Waals surface area (Å²) in [6, 6.07) is 14.7. The lowest BCUT2D eigenvalue weighted by molar-refractivity contribution is -0.121. The standard InChI is InChI=1S/C25H36N4O4S/c1-4-27-14-16-28(17-15-27)24-13-12-22(34(31,32)29(5-2)6-3)18-23(24)26-25(30)20-33-19-21-10-8-7-9-11-21/h7-13,18H,4-6,14-17,19-20H2,1-3H3,(H,26,30). The van der Waals surface area contributed by atoms with Crippen molar-refractivity contribution < 1.29 is 17.9 Å². The summed E-state index contributed by atoms with van der Waals surface area (Å²) >= 11 is 0. The number of nitrogens with one attached hydrogen (secondary N) is 1. The molecule has 9 heteroatoms. The fourth-order valence-electron chi connectivity index (χ4n) is 4.09. The maximum Gasteiger partial charge on any atom is 0.250 e. The molecule has 0 saturated carbocycles. The fourth-order valence-corrected chi connectivity index (χ4v) is 5.58. The van der Waals surface area contributed by atoms with Crippen LogP contribution >= 0.6 is 0 Å². The van der Waals surface area contributed by atoms with Gasteiger partial charge in [-0.25, -0.2) is 8.42 Å². The van der Waals surface area contributed by atoms with Gasteiger partial charge in [-0.15, -0.1) is 0 Å². The predicted octanol–water partition coefficient (Wildman–Crippen LogP) is 3.01. The van der Waals surface area contributed by atoms with Gasteiger partial charge in [0.1, 0.15) is 6.61 Å². The molecule has 1 heterocycles. The number of ether oxygens (including phenoxy) is 1. The number of hydrogen-bond donors (Lipinski definition) is 1. The second kappa shape index (κ2) is 12.3. The molecule has 0 radical (unpaired) electrons. The van der Waals surface area contributed by atoms with Crippen LogP contribution in [0, 0.1) is 0 Å². The molecule has 1 aliphatic rings. The number of nitrogens with zero attached hydrogens (tertiary/aromatic N) is 3. The van der Waals surface area contributed by atoms with E-state index in [0.29, 0.717) is 25.4 Å². The molecule has 0 aromatic heterocycles. The van der Waals surface area contributed by atoms with Gasteiger partial charge in [0.25, 0.3) is 0 Å². The van der Waals surface area contributed by atoms with Crippen LogP contribution in [0.5, 0.6) is 0 Å². The molecule has 3 rings (SSSR count). The van der Waals surface area contributed by atoms with Gasteiger partial charge in [0.15, 0.2) is 0 Å². The van der Waals surface area contributed by atoms with Crippen LogP contribution in [0.4, 0.5) is 11.4 Å². The molecule has 1 fully saturated rings. The van der Waals surface area contributed by atoms with Crippen molar-refractivity contribution in [1.82, 2.24) is 9.21 Å². The summed E-state index contributed by atoms with van der Waals surface area (Å²) in [5.41, 5.74) is 2.30. The summed E-state index contributed by atoms with van der Waals surface area (Å²) in [6.45, 7) is 11.2. The van der Waals surface area contributed by atoms with Crippen molar-refractivity contribution in [2.75, 3.05) is 62.6 Å². The van der Waals surface area contributed by atoms with E-state index in [4.69, 9.17) is 4.74 Å². The molecule has 2 aromatic rings. The molecule has 1 saturated heterocycles. The van der Waals surface area contributed by atoms with E-state index in [-0.39, 0.29) is 17.4 Å². The lowest BCUT2D eigenvalue weighted by Crippen LogP contribution is -2.46. The van der Waals surface area contributed by atoms with Crippen molar-refractivity contribution in [2.24, 2.45) is 0 Å². The van der Waals surface area contributed by atoms with Crippen LogP contribution in [-0.4, -0.2) is 76.0 Å². The van der Waals surface area contributed by atoms with Gasteiger partial charge >= 0.3 is 0 Å². The van der Waals surface area contributed by atoms with Gasteiger partial charge in [-0.2, -0.15) is 4.31 Å². The number of hydrogen-bond acceptors (Lipinski definition) is 6. The van der Waals surface area contributed by atoms with E-state index in [0.717, 1.165) is 44.0 Å². The number of amides is 1. The Morgan fingerprint density at radius 2 is 1.68 bits per heavy atom. The van der Waals surface area contributed by atoms with E-state index in [1.807, 2.05) is 44.2 Å². The first-order valence-electron chi connectivity index (χ1n) is 11.9. The van der Waals surface area contributed by atoms with Crippen molar-refractivity contribution in [3.8, 4) is 0 Å². The van der Waals surface area contributed by atoms with E-state index >= 15 is 0 Å². The average Bonchev–Trinajstić information content (AvgIpc) is 2.85. The Morgan fingerprint density at radius 1 is 1.00 bits per heavy atom. The third kappa shape index (κ3) is 6.56. The molecule has 1 aliphatic heterocycles. The maximum absolute atomic E-state index is 13.1. The third-order valence-electron chi connectivity index (χ3n) is 6.09. The lowest BCUT2D eigenvalue weighted by Gasteiger charge is -2.36. The summed E-state index contributed by atoms with van der Waals surface area (Å²) in [6.07, 6.45) is 0. The number of rotatable bonds is 11. The highest BCUT2D eigenvalue weighted by Gasteiger charge is 2.25. The first kappa shape index (κ1) is 26.2. The van der Waals surface area contributed by atoms with Gasteiger partial charge in [-0.1, -0.05) is 51.1 Å². The molecule has 2 aromatic carbocycles. The lowest BCUT2D eigenvalue weighted by atomic mass is 10.2. The molecule has 1 amide bonds. The van der Waals surface area contributed by atoms with Gasteiger partial charge in [0.05, 0.1) is 22.9 Å². The van der Waals surface area contributed by atoms with E-state index < -0.39 is 10.0 Å². The summed E-state index contributed by atoms with van der Waals surface area (Å²) in [7, 11) is -3.65. The molecule has 0 bridgehead atoms. The van der Waals surface area contributed by atoms with Crippen LogP contribution < -0.4 is 10.2 Å². The number of benzene rings is 2.